The van der Waals surface area contributed by atoms with E-state index in [9.17, 15) is 9.59 Å². The SMILES string of the molecule is Cc1cc2c(-c3ccco3)cnc(NC3CCN(C(C)C)C[C@H]3C(=O)NC3CCCCC3)c2[nH]c1=O. The zero-order valence-electron chi connectivity index (χ0n) is 21.5. The normalized spacial score (nSPS) is 21.7. The number of aryl methyl sites for hydroxylation is 1. The molecule has 1 amide bonds. The lowest BCUT2D eigenvalue weighted by atomic mass is 9.88. The number of nitrogens with one attached hydrogen (secondary N) is 3. The molecule has 2 atom stereocenters. The van der Waals surface area contributed by atoms with Gasteiger partial charge in [0.25, 0.3) is 5.56 Å². The lowest BCUT2D eigenvalue weighted by Crippen LogP contribution is -2.55. The Morgan fingerprint density at radius 2 is 2.03 bits per heavy atom. The van der Waals surface area contributed by atoms with Gasteiger partial charge in [0.15, 0.2) is 5.82 Å². The summed E-state index contributed by atoms with van der Waals surface area (Å²) in [5.41, 5.74) is 1.94. The molecule has 5 rings (SSSR count). The van der Waals surface area contributed by atoms with Gasteiger partial charge in [-0.05, 0) is 58.2 Å². The lowest BCUT2D eigenvalue weighted by molar-refractivity contribution is -0.128. The molecule has 8 heteroatoms. The van der Waals surface area contributed by atoms with Gasteiger partial charge in [-0.25, -0.2) is 4.98 Å². The first-order valence-electron chi connectivity index (χ1n) is 13.3. The third-order valence-electron chi connectivity index (χ3n) is 7.85. The average Bonchev–Trinajstić information content (AvgIpc) is 3.40. The maximum Gasteiger partial charge on any atom is 0.251 e. The van der Waals surface area contributed by atoms with Crippen LogP contribution in [-0.2, 0) is 4.79 Å². The first-order valence-corrected chi connectivity index (χ1v) is 13.3. The molecular weight excluding hydrogens is 454 g/mol. The maximum absolute atomic E-state index is 13.5. The van der Waals surface area contributed by atoms with Crippen LogP contribution in [0.3, 0.4) is 0 Å². The Bertz CT molecular complexity index is 1260. The molecule has 3 aromatic heterocycles. The Hall–Kier alpha value is -3.13. The van der Waals surface area contributed by atoms with Crippen molar-refractivity contribution in [2.75, 3.05) is 18.4 Å². The summed E-state index contributed by atoms with van der Waals surface area (Å²) in [7, 11) is 0. The van der Waals surface area contributed by atoms with Gasteiger partial charge in [0, 0.05) is 53.9 Å². The largest absolute Gasteiger partial charge is 0.464 e. The summed E-state index contributed by atoms with van der Waals surface area (Å²) in [6.45, 7) is 7.76. The molecule has 0 bridgehead atoms. The molecule has 36 heavy (non-hydrogen) atoms. The van der Waals surface area contributed by atoms with E-state index in [1.54, 1.807) is 19.4 Å². The standard InChI is InChI=1S/C28H37N5O3/c1-17(2)33-12-11-23(22(16-33)28(35)30-19-8-5-4-6-9-19)31-26-25-20(14-18(3)27(34)32-25)21(15-29-26)24-10-7-13-36-24/h7,10,13-15,17,19,22-23H,4-6,8-9,11-12,16H2,1-3H3,(H,29,31)(H,30,35)(H,32,34)/t22-,23?/m1/s1. The third kappa shape index (κ3) is 5.05. The van der Waals surface area contributed by atoms with Crippen LogP contribution in [0, 0.1) is 12.8 Å². The summed E-state index contributed by atoms with van der Waals surface area (Å²) in [5, 5.41) is 7.78. The molecule has 0 aromatic carbocycles. The van der Waals surface area contributed by atoms with Gasteiger partial charge in [0.1, 0.15) is 5.76 Å². The Morgan fingerprint density at radius 3 is 2.75 bits per heavy atom. The number of aromatic nitrogens is 2. The predicted octanol–water partition coefficient (Wildman–Crippen LogP) is 4.45. The van der Waals surface area contributed by atoms with E-state index in [1.807, 2.05) is 18.2 Å². The summed E-state index contributed by atoms with van der Waals surface area (Å²) >= 11 is 0. The van der Waals surface area contributed by atoms with E-state index in [0.29, 0.717) is 35.2 Å². The van der Waals surface area contributed by atoms with Crippen molar-refractivity contribution in [3.63, 3.8) is 0 Å². The molecule has 8 nitrogen and oxygen atoms in total. The fourth-order valence-corrected chi connectivity index (χ4v) is 5.65. The van der Waals surface area contributed by atoms with Gasteiger partial charge >= 0.3 is 0 Å². The maximum atomic E-state index is 13.5. The number of H-pyrrole nitrogens is 1. The molecule has 2 fully saturated rings. The molecule has 0 radical (unpaired) electrons. The molecule has 1 aliphatic heterocycles. The van der Waals surface area contributed by atoms with Crippen LogP contribution in [0.2, 0.25) is 0 Å². The highest BCUT2D eigenvalue weighted by molar-refractivity contribution is 5.98. The number of nitrogens with zero attached hydrogens (tertiary/aromatic N) is 2. The summed E-state index contributed by atoms with van der Waals surface area (Å²) in [6.07, 6.45) is 9.97. The first kappa shape index (κ1) is 24.6. The number of hydrogen-bond donors (Lipinski definition) is 3. The zero-order chi connectivity index (χ0) is 25.2. The number of aromatic amines is 1. The average molecular weight is 492 g/mol. The van der Waals surface area contributed by atoms with Gasteiger partial charge in [-0.2, -0.15) is 0 Å². The third-order valence-corrected chi connectivity index (χ3v) is 7.85. The number of furan rings is 1. The van der Waals surface area contributed by atoms with Crippen LogP contribution < -0.4 is 16.2 Å². The number of rotatable bonds is 6. The fraction of sp³-hybridized carbons (Fsp3) is 0.536. The highest BCUT2D eigenvalue weighted by atomic mass is 16.3. The van der Waals surface area contributed by atoms with E-state index in [2.05, 4.69) is 34.4 Å². The van der Waals surface area contributed by atoms with Gasteiger partial charge in [-0.1, -0.05) is 19.3 Å². The monoisotopic (exact) mass is 491 g/mol. The van der Waals surface area contributed by atoms with Gasteiger partial charge in [-0.15, -0.1) is 0 Å². The van der Waals surface area contributed by atoms with E-state index in [0.717, 1.165) is 36.8 Å². The Labute approximate surface area is 211 Å². The number of anilines is 1. The predicted molar refractivity (Wildman–Crippen MR) is 142 cm³/mol. The molecule has 1 saturated heterocycles. The van der Waals surface area contributed by atoms with Gasteiger partial charge in [0.05, 0.1) is 17.7 Å². The topological polar surface area (TPSA) is 103 Å². The molecule has 1 aliphatic carbocycles. The molecule has 3 N–H and O–H groups in total. The van der Waals surface area contributed by atoms with Crippen molar-refractivity contribution in [1.82, 2.24) is 20.2 Å². The van der Waals surface area contributed by atoms with Crippen molar-refractivity contribution in [1.29, 1.82) is 0 Å². The van der Waals surface area contributed by atoms with Crippen LogP contribution in [0.15, 0.2) is 39.9 Å². The molecule has 1 unspecified atom stereocenters. The van der Waals surface area contributed by atoms with Crippen LogP contribution in [0.5, 0.6) is 0 Å². The minimum Gasteiger partial charge on any atom is -0.464 e. The minimum absolute atomic E-state index is 0.0847. The molecule has 192 valence electrons. The Morgan fingerprint density at radius 1 is 1.22 bits per heavy atom. The van der Waals surface area contributed by atoms with Crippen LogP contribution in [0.1, 0.15) is 57.9 Å². The van der Waals surface area contributed by atoms with Crippen molar-refractivity contribution in [2.45, 2.75) is 77.4 Å². The fourth-order valence-electron chi connectivity index (χ4n) is 5.65. The highest BCUT2D eigenvalue weighted by Crippen LogP contribution is 2.32. The van der Waals surface area contributed by atoms with E-state index in [4.69, 9.17) is 9.40 Å². The molecule has 4 heterocycles. The molecule has 3 aromatic rings. The van der Waals surface area contributed by atoms with E-state index < -0.39 is 0 Å². The number of fused-ring (bicyclic) bond motifs is 1. The van der Waals surface area contributed by atoms with E-state index in [1.165, 1.54) is 19.3 Å². The molecule has 2 aliphatic rings. The second-order valence-corrected chi connectivity index (χ2v) is 10.6. The van der Waals surface area contributed by atoms with Crippen LogP contribution in [-0.4, -0.2) is 52.0 Å². The smallest absolute Gasteiger partial charge is 0.251 e. The van der Waals surface area contributed by atoms with E-state index in [-0.39, 0.29) is 29.5 Å². The summed E-state index contributed by atoms with van der Waals surface area (Å²) < 4.78 is 5.63. The quantitative estimate of drug-likeness (QED) is 0.471. The first-order chi connectivity index (χ1) is 17.4. The summed E-state index contributed by atoms with van der Waals surface area (Å²) in [4.78, 5) is 36.2. The van der Waals surface area contributed by atoms with Crippen molar-refractivity contribution >= 4 is 22.6 Å². The number of likely N-dealkylation sites (tertiary alicyclic amines) is 1. The van der Waals surface area contributed by atoms with Gasteiger partial charge < -0.3 is 20.0 Å². The molecular formula is C28H37N5O3. The zero-order valence-corrected chi connectivity index (χ0v) is 21.5. The second-order valence-electron chi connectivity index (χ2n) is 10.6. The molecule has 1 saturated carbocycles. The number of carbonyl (C=O) groups excluding carboxylic acids is 1. The Kier molecular flexibility index (Phi) is 7.14. The molecule has 0 spiro atoms. The number of amides is 1. The minimum atomic E-state index is -0.207. The van der Waals surface area contributed by atoms with Crippen molar-refractivity contribution < 1.29 is 9.21 Å². The van der Waals surface area contributed by atoms with Crippen molar-refractivity contribution in [3.8, 4) is 11.3 Å². The Balaban J connectivity index is 1.46. The van der Waals surface area contributed by atoms with Crippen LogP contribution in [0.25, 0.3) is 22.2 Å². The highest BCUT2D eigenvalue weighted by Gasteiger charge is 2.36. The van der Waals surface area contributed by atoms with Crippen LogP contribution >= 0.6 is 0 Å². The van der Waals surface area contributed by atoms with Crippen molar-refractivity contribution in [2.24, 2.45) is 5.92 Å². The van der Waals surface area contributed by atoms with Gasteiger partial charge in [0.2, 0.25) is 5.91 Å². The number of carbonyl (C=O) groups is 1. The number of pyridine rings is 2. The number of hydrogen-bond acceptors (Lipinski definition) is 6. The van der Waals surface area contributed by atoms with Gasteiger partial charge in [-0.3, -0.25) is 14.5 Å². The lowest BCUT2D eigenvalue weighted by Gasteiger charge is -2.41. The van der Waals surface area contributed by atoms with E-state index >= 15 is 0 Å². The number of piperidine rings is 1. The van der Waals surface area contributed by atoms with Crippen LogP contribution in [0.4, 0.5) is 5.82 Å². The van der Waals surface area contributed by atoms with Crippen molar-refractivity contribution in [3.05, 3.63) is 46.6 Å². The summed E-state index contributed by atoms with van der Waals surface area (Å²) in [5.74, 6) is 1.20. The second kappa shape index (κ2) is 10.5. The summed E-state index contributed by atoms with van der Waals surface area (Å²) in [6, 6.07) is 6.17.